The quantitative estimate of drug-likeness (QED) is 0.385. The smallest absolute Gasteiger partial charge is 0.0421 e. The molecule has 3 nitrogen and oxygen atoms in total. The first kappa shape index (κ1) is 76.7. The average molecular weight is 1120 g/mol. The molecule has 0 aliphatic carbocycles. The van der Waals surface area contributed by atoms with Gasteiger partial charge in [0.15, 0.2) is 0 Å². The van der Waals surface area contributed by atoms with E-state index in [-0.39, 0.29) is 366 Å². The minimum absolute atomic E-state index is 0. The van der Waals surface area contributed by atoms with Crippen LogP contribution in [0.4, 0.5) is 0 Å². The van der Waals surface area contributed by atoms with Crippen molar-refractivity contribution in [2.75, 3.05) is 0 Å². The molecular weight excluding hydrogens is 1110 g/mol. The Kier molecular flexibility index (Phi) is 212. The van der Waals surface area contributed by atoms with E-state index in [1.807, 2.05) is 13.8 Å². The van der Waals surface area contributed by atoms with Crippen molar-refractivity contribution in [3.8, 4) is 0 Å². The third kappa shape index (κ3) is 59.4. The van der Waals surface area contributed by atoms with Gasteiger partial charge in [-0.3, -0.25) is 0 Å². The minimum atomic E-state index is -0.667. The van der Waals surface area contributed by atoms with Crippen molar-refractivity contribution in [2.24, 2.45) is 0 Å². The number of hydrogen-bond donors (Lipinski definition) is 2. The second-order valence-corrected chi connectivity index (χ2v) is 2.66. The van der Waals surface area contributed by atoms with Gasteiger partial charge in [-0.2, -0.15) is 0 Å². The molecule has 0 rings (SSSR count). The molecule has 0 aromatic heterocycles. The molecule has 2 atom stereocenters. The predicted molar refractivity (Wildman–Crippen MR) is 39.4 cm³/mol. The second-order valence-electron chi connectivity index (χ2n) is 2.66. The Morgan fingerprint density at radius 1 is 0.714 bits per heavy atom. The van der Waals surface area contributed by atoms with Crippen molar-refractivity contribution in [1.29, 1.82) is 0 Å². The van der Waals surface area contributed by atoms with E-state index in [0.717, 1.165) is 0 Å². The fourth-order valence-electron chi connectivity index (χ4n) is 0.631. The molecule has 14 heteroatoms. The number of carbonyl (C=O) groups excluding carboxylic acids is 1. The molecule has 0 fully saturated rings. The Bertz CT molecular complexity index is 123. The van der Waals surface area contributed by atoms with Crippen LogP contribution in [0.1, 0.15) is 20.8 Å². The minimum Gasteiger partial charge on any atom is -0.540 e. The van der Waals surface area contributed by atoms with Crippen LogP contribution in [0, 0.1) is 0 Å². The molecule has 2 N–H and O–H groups in total. The van der Waals surface area contributed by atoms with Crippen LogP contribution in [0.2, 0.25) is 0 Å². The summed E-state index contributed by atoms with van der Waals surface area (Å²) in [5.74, 6) is 0. The summed E-state index contributed by atoms with van der Waals surface area (Å²) in [6, 6.07) is -0.360. The summed E-state index contributed by atoms with van der Waals surface area (Å²) in [5, 5.41) is 11.8. The molecule has 0 saturated heterocycles. The first-order valence-corrected chi connectivity index (χ1v) is 3.39. The van der Waals surface area contributed by atoms with E-state index in [9.17, 15) is 4.79 Å². The molecule has 0 aromatic rings. The Morgan fingerprint density at radius 3 is 1.00 bits per heavy atom. The Balaban J connectivity index is -0.00000000736. The third-order valence-electron chi connectivity index (χ3n) is 1.12. The number of aliphatic hydroxyl groups excluding tert-OH is 1. The number of rotatable bonds is 4. The summed E-state index contributed by atoms with van der Waals surface area (Å²) in [5.41, 5.74) is 0. The van der Waals surface area contributed by atoms with Crippen molar-refractivity contribution >= 4 is 6.29 Å². The Morgan fingerprint density at radius 2 is 0.952 bits per heavy atom. The number of nitrogens with one attached hydrogen (secondary N) is 1. The van der Waals surface area contributed by atoms with Gasteiger partial charge in [-0.25, -0.2) is 6.29 Å². The van der Waals surface area contributed by atoms with Gasteiger partial charge in [0.2, 0.25) is 0 Å². The third-order valence-corrected chi connectivity index (χ3v) is 1.12. The monoisotopic (exact) mass is 1120 g/mol. The van der Waals surface area contributed by atoms with Gasteiger partial charge >= 0.3 is 0 Å². The fraction of sp³-hybridized carbons (Fsp3) is 0.857. The van der Waals surface area contributed by atoms with Gasteiger partial charge in [0.1, 0.15) is 0 Å². The van der Waals surface area contributed by atoms with E-state index in [1.165, 1.54) is 0 Å². The van der Waals surface area contributed by atoms with E-state index in [0.29, 0.717) is 0 Å². The van der Waals surface area contributed by atoms with Crippen molar-refractivity contribution < 1.29 is 370 Å². The maximum absolute atomic E-state index is 10.1. The summed E-state index contributed by atoms with van der Waals surface area (Å²) in [6.07, 6.45) is 1.05. The predicted octanol–water partition coefficient (Wildman–Crippen LogP) is -0.184. The van der Waals surface area contributed by atoms with Gasteiger partial charge in [0, 0.05) is 366 Å². The molecule has 0 bridgehead atoms. The molecule has 0 saturated carbocycles. The topological polar surface area (TPSA) is 49.3 Å². The largest absolute Gasteiger partial charge is 0.540 e. The first-order valence-electron chi connectivity index (χ1n) is 3.39. The van der Waals surface area contributed by atoms with Gasteiger partial charge < -0.3 is 15.2 Å². The molecule has 93 valence electrons. The zero-order chi connectivity index (χ0) is 8.15. The average Bonchev–Trinajstić information content (AvgIpc) is 1.81. The molecule has 0 aliphatic rings. The summed E-state index contributed by atoms with van der Waals surface area (Å²) < 4.78 is 0. The van der Waals surface area contributed by atoms with Gasteiger partial charge in [-0.05, 0) is 13.0 Å². The van der Waals surface area contributed by atoms with Crippen LogP contribution >= 0.6 is 0 Å². The zero-order valence-electron chi connectivity index (χ0n) is 12.9. The standard InChI is InChI=1S/C7H14NO2.11Y/c1-5(2)8-7(4-9)6(3)10;;;;;;;;;;;/h5-8,10H,1-3H3;;;;;;;;;;;/q-1;;;;;;;;;;;/t6-,7-;;;;;;;;;;;/m1.........../s1. The van der Waals surface area contributed by atoms with Crippen molar-refractivity contribution in [3.05, 3.63) is 0 Å². The van der Waals surface area contributed by atoms with Crippen molar-refractivity contribution in [3.63, 3.8) is 0 Å². The van der Waals surface area contributed by atoms with E-state index >= 15 is 0 Å². The van der Waals surface area contributed by atoms with Gasteiger partial charge in [0.05, 0.1) is 0 Å². The van der Waals surface area contributed by atoms with Gasteiger partial charge in [-0.15, -0.1) is 0 Å². The first-order chi connectivity index (χ1) is 4.57. The summed E-state index contributed by atoms with van der Waals surface area (Å²) in [7, 11) is 0. The van der Waals surface area contributed by atoms with Crippen LogP contribution in [-0.2, 0) is 365 Å². The van der Waals surface area contributed by atoms with Crippen LogP contribution in [0.15, 0.2) is 0 Å². The summed E-state index contributed by atoms with van der Waals surface area (Å²) >= 11 is 0. The summed E-state index contributed by atoms with van der Waals surface area (Å²) in [6.45, 7) is 5.38. The molecule has 0 unspecified atom stereocenters. The van der Waals surface area contributed by atoms with E-state index in [4.69, 9.17) is 5.11 Å². The molecule has 11 radical (unpaired) electrons. The molecule has 0 spiro atoms. The van der Waals surface area contributed by atoms with E-state index in [1.54, 1.807) is 13.2 Å². The van der Waals surface area contributed by atoms with Crippen LogP contribution in [-0.4, -0.2) is 29.6 Å². The fourth-order valence-corrected chi connectivity index (χ4v) is 0.631. The van der Waals surface area contributed by atoms with Crippen LogP contribution < -0.4 is 5.32 Å². The van der Waals surface area contributed by atoms with Gasteiger partial charge in [0.25, 0.3) is 0 Å². The number of aliphatic hydroxyl groups is 1. The maximum atomic E-state index is 10.1. The van der Waals surface area contributed by atoms with Crippen LogP contribution in [0.5, 0.6) is 0 Å². The number of hydrogen-bond acceptors (Lipinski definition) is 3. The molecule has 0 heterocycles. The van der Waals surface area contributed by atoms with E-state index < -0.39 is 12.1 Å². The molecule has 21 heavy (non-hydrogen) atoms. The summed E-state index contributed by atoms with van der Waals surface area (Å²) in [4.78, 5) is 10.1. The molecular formula is C7H14NO2Y11-. The molecule has 0 aromatic carbocycles. The Labute approximate surface area is 407 Å². The molecule has 0 amide bonds. The molecule has 0 aliphatic heterocycles. The Hall–Kier alpha value is 11.7. The van der Waals surface area contributed by atoms with Crippen LogP contribution in [0.3, 0.4) is 0 Å². The van der Waals surface area contributed by atoms with E-state index in [2.05, 4.69) is 5.32 Å². The van der Waals surface area contributed by atoms with Crippen LogP contribution in [0.25, 0.3) is 0 Å². The second kappa shape index (κ2) is 58.0. The van der Waals surface area contributed by atoms with Gasteiger partial charge in [-0.1, -0.05) is 19.9 Å². The SMILES string of the molecule is CC(C)N[C@H]([C-]=O)[C@@H](C)O.[Y].[Y].[Y].[Y].[Y].[Y].[Y].[Y].[Y].[Y].[Y]. The normalized spacial score (nSPS) is 8.05. The zero-order valence-corrected chi connectivity index (χ0v) is 44.2. The van der Waals surface area contributed by atoms with Crippen molar-refractivity contribution in [2.45, 2.75) is 39.0 Å². The maximum Gasteiger partial charge on any atom is 0.0421 e. The van der Waals surface area contributed by atoms with Crippen molar-refractivity contribution in [1.82, 2.24) is 5.32 Å².